The number of amides is 1. The third kappa shape index (κ3) is 1.61. The number of benzene rings is 1. The molecule has 2 aliphatic rings. The van der Waals surface area contributed by atoms with Gasteiger partial charge in [-0.3, -0.25) is 4.79 Å². The molecule has 4 nitrogen and oxygen atoms in total. The summed E-state index contributed by atoms with van der Waals surface area (Å²) in [7, 11) is 0. The molecule has 1 aromatic carbocycles. The second-order valence-electron chi connectivity index (χ2n) is 6.03. The number of carbonyl (C=O) groups excluding carboxylic acids is 1. The number of aromatic amines is 1. The van der Waals surface area contributed by atoms with E-state index in [-0.39, 0.29) is 5.91 Å². The van der Waals surface area contributed by atoms with E-state index in [1.165, 1.54) is 0 Å². The first-order chi connectivity index (χ1) is 9.75. The summed E-state index contributed by atoms with van der Waals surface area (Å²) in [5.41, 5.74) is 1.76. The Kier molecular flexibility index (Phi) is 2.60. The molecule has 0 radical (unpaired) electrons. The molecule has 2 fully saturated rings. The quantitative estimate of drug-likeness (QED) is 0.830. The summed E-state index contributed by atoms with van der Waals surface area (Å²) in [5, 5.41) is 4.54. The van der Waals surface area contributed by atoms with Gasteiger partial charge in [0.15, 0.2) is 0 Å². The van der Waals surface area contributed by atoms with Gasteiger partial charge in [0.05, 0.1) is 11.1 Å². The van der Waals surface area contributed by atoms with E-state index in [9.17, 15) is 4.79 Å². The van der Waals surface area contributed by atoms with Gasteiger partial charge in [-0.25, -0.2) is 0 Å². The van der Waals surface area contributed by atoms with Gasteiger partial charge in [-0.2, -0.15) is 0 Å². The van der Waals surface area contributed by atoms with Gasteiger partial charge in [0, 0.05) is 37.3 Å². The predicted octanol–water partition coefficient (Wildman–Crippen LogP) is 1.85. The largest absolute Gasteiger partial charge is 0.361 e. The Hall–Kier alpha value is -1.81. The summed E-state index contributed by atoms with van der Waals surface area (Å²) in [6.07, 6.45) is 1.90. The first-order valence-electron chi connectivity index (χ1n) is 7.33. The third-order valence-electron chi connectivity index (χ3n) is 5.01. The number of likely N-dealkylation sites (tertiary alicyclic amines) is 1. The summed E-state index contributed by atoms with van der Waals surface area (Å²) >= 11 is 0. The molecule has 0 saturated carbocycles. The number of H-pyrrole nitrogens is 1. The minimum absolute atomic E-state index is 0.167. The van der Waals surface area contributed by atoms with Crippen molar-refractivity contribution in [3.05, 3.63) is 36.0 Å². The number of hydrogen-bond donors (Lipinski definition) is 2. The molecule has 2 saturated heterocycles. The van der Waals surface area contributed by atoms with E-state index in [1.54, 1.807) is 0 Å². The van der Waals surface area contributed by atoms with Gasteiger partial charge in [-0.05, 0) is 30.9 Å². The highest BCUT2D eigenvalue weighted by molar-refractivity contribution is 6.05. The highest BCUT2D eigenvalue weighted by atomic mass is 16.2. The number of aromatic nitrogens is 1. The van der Waals surface area contributed by atoms with Crippen molar-refractivity contribution in [3.8, 4) is 0 Å². The zero-order valence-corrected chi connectivity index (χ0v) is 11.6. The maximum Gasteiger partial charge on any atom is 0.256 e. The Bertz CT molecular complexity index is 663. The van der Waals surface area contributed by atoms with Crippen LogP contribution in [0.15, 0.2) is 30.5 Å². The molecule has 2 aliphatic heterocycles. The van der Waals surface area contributed by atoms with Gasteiger partial charge < -0.3 is 15.2 Å². The highest BCUT2D eigenvalue weighted by Crippen LogP contribution is 2.33. The molecule has 1 amide bonds. The summed E-state index contributed by atoms with van der Waals surface area (Å²) in [4.78, 5) is 18.1. The van der Waals surface area contributed by atoms with Gasteiger partial charge in [0.25, 0.3) is 5.91 Å². The van der Waals surface area contributed by atoms with Crippen molar-refractivity contribution in [3.63, 3.8) is 0 Å². The van der Waals surface area contributed by atoms with Gasteiger partial charge >= 0.3 is 0 Å². The lowest BCUT2D eigenvalue weighted by molar-refractivity contribution is 0.0730. The number of nitrogens with one attached hydrogen (secondary N) is 2. The molecule has 2 aromatic rings. The minimum atomic E-state index is 0.167. The lowest BCUT2D eigenvalue weighted by Crippen LogP contribution is -2.38. The van der Waals surface area contributed by atoms with Crippen LogP contribution in [-0.2, 0) is 0 Å². The Morgan fingerprint density at radius 1 is 1.30 bits per heavy atom. The molecule has 3 heterocycles. The first-order valence-corrected chi connectivity index (χ1v) is 7.33. The lowest BCUT2D eigenvalue weighted by Gasteiger charge is -2.24. The monoisotopic (exact) mass is 269 g/mol. The maximum atomic E-state index is 12.9. The summed E-state index contributed by atoms with van der Waals surface area (Å²) < 4.78 is 0. The molecule has 2 N–H and O–H groups in total. The molecule has 0 spiro atoms. The maximum absolute atomic E-state index is 12.9. The molecule has 3 unspecified atom stereocenters. The molecule has 4 heteroatoms. The summed E-state index contributed by atoms with van der Waals surface area (Å²) in [6.45, 7) is 5.16. The molecular weight excluding hydrogens is 250 g/mol. The van der Waals surface area contributed by atoms with E-state index in [0.29, 0.717) is 17.9 Å². The number of hydrogen-bond acceptors (Lipinski definition) is 2. The van der Waals surface area contributed by atoms with E-state index >= 15 is 0 Å². The predicted molar refractivity (Wildman–Crippen MR) is 78.6 cm³/mol. The Morgan fingerprint density at radius 2 is 2.20 bits per heavy atom. The molecule has 20 heavy (non-hydrogen) atoms. The number of fused-ring (bicyclic) bond motifs is 2. The second kappa shape index (κ2) is 4.35. The fraction of sp³-hybridized carbons (Fsp3) is 0.438. The van der Waals surface area contributed by atoms with Crippen molar-refractivity contribution in [2.24, 2.45) is 11.8 Å². The summed E-state index contributed by atoms with van der Waals surface area (Å²) in [5.74, 6) is 1.40. The Morgan fingerprint density at radius 3 is 3.05 bits per heavy atom. The summed E-state index contributed by atoms with van der Waals surface area (Å²) in [6, 6.07) is 8.27. The molecule has 0 bridgehead atoms. The van der Waals surface area contributed by atoms with Crippen molar-refractivity contribution in [2.45, 2.75) is 13.0 Å². The van der Waals surface area contributed by atoms with Gasteiger partial charge in [-0.15, -0.1) is 0 Å². The van der Waals surface area contributed by atoms with Gasteiger partial charge in [0.2, 0.25) is 0 Å². The molecule has 1 aromatic heterocycles. The normalized spacial score (nSPS) is 29.1. The number of nitrogens with zero attached hydrogens (tertiary/aromatic N) is 1. The second-order valence-corrected chi connectivity index (χ2v) is 6.03. The molecular formula is C16H19N3O. The van der Waals surface area contributed by atoms with Gasteiger partial charge in [0.1, 0.15) is 0 Å². The van der Waals surface area contributed by atoms with Crippen LogP contribution >= 0.6 is 0 Å². The molecule has 104 valence electrons. The Balaban J connectivity index is 1.69. The standard InChI is InChI=1S/C16H19N3O/c1-10-14-8-17-7-12(14)9-19(10)16(20)13-4-2-3-11-5-6-18-15(11)13/h2-6,10,12,14,17-18H,7-9H2,1H3. The van der Waals surface area contributed by atoms with Crippen molar-refractivity contribution in [1.29, 1.82) is 0 Å². The van der Waals surface area contributed by atoms with Crippen LogP contribution in [0.2, 0.25) is 0 Å². The molecule has 3 atom stereocenters. The van der Waals surface area contributed by atoms with E-state index in [0.717, 1.165) is 36.1 Å². The van der Waals surface area contributed by atoms with Crippen LogP contribution in [0.4, 0.5) is 0 Å². The van der Waals surface area contributed by atoms with Crippen molar-refractivity contribution in [2.75, 3.05) is 19.6 Å². The van der Waals surface area contributed by atoms with E-state index in [4.69, 9.17) is 0 Å². The molecule has 4 rings (SSSR count). The number of para-hydroxylation sites is 1. The van der Waals surface area contributed by atoms with Crippen LogP contribution < -0.4 is 5.32 Å². The number of rotatable bonds is 1. The van der Waals surface area contributed by atoms with Crippen LogP contribution in [0.3, 0.4) is 0 Å². The van der Waals surface area contributed by atoms with Gasteiger partial charge in [-0.1, -0.05) is 12.1 Å². The zero-order chi connectivity index (χ0) is 13.7. The smallest absolute Gasteiger partial charge is 0.256 e. The first kappa shape index (κ1) is 12.0. The van der Waals surface area contributed by atoms with Crippen LogP contribution in [0, 0.1) is 11.8 Å². The average Bonchev–Trinajstić information content (AvgIpc) is 3.15. The topological polar surface area (TPSA) is 48.1 Å². The Labute approximate surface area is 118 Å². The minimum Gasteiger partial charge on any atom is -0.361 e. The lowest BCUT2D eigenvalue weighted by atomic mass is 9.95. The van der Waals surface area contributed by atoms with Crippen molar-refractivity contribution < 1.29 is 4.79 Å². The fourth-order valence-electron chi connectivity index (χ4n) is 3.85. The van der Waals surface area contributed by atoms with Crippen LogP contribution in [0.1, 0.15) is 17.3 Å². The third-order valence-corrected chi connectivity index (χ3v) is 5.01. The van der Waals surface area contributed by atoms with E-state index in [1.807, 2.05) is 30.5 Å². The van der Waals surface area contributed by atoms with E-state index < -0.39 is 0 Å². The van der Waals surface area contributed by atoms with Crippen molar-refractivity contribution >= 4 is 16.8 Å². The SMILES string of the molecule is CC1C2CNCC2CN1C(=O)c1cccc2cc[nH]c12. The van der Waals surface area contributed by atoms with Crippen LogP contribution in [-0.4, -0.2) is 41.5 Å². The van der Waals surface area contributed by atoms with Crippen molar-refractivity contribution in [1.82, 2.24) is 15.2 Å². The average molecular weight is 269 g/mol. The molecule has 0 aliphatic carbocycles. The highest BCUT2D eigenvalue weighted by Gasteiger charge is 2.44. The van der Waals surface area contributed by atoms with Crippen LogP contribution in [0.5, 0.6) is 0 Å². The van der Waals surface area contributed by atoms with Crippen LogP contribution in [0.25, 0.3) is 10.9 Å². The zero-order valence-electron chi connectivity index (χ0n) is 11.6. The number of carbonyl (C=O) groups is 1. The van der Waals surface area contributed by atoms with E-state index in [2.05, 4.69) is 22.1 Å². The fourth-order valence-corrected chi connectivity index (χ4v) is 3.85.